The zero-order valence-electron chi connectivity index (χ0n) is 25.2. The number of primary sulfonamides is 1. The van der Waals surface area contributed by atoms with Crippen molar-refractivity contribution in [1.82, 2.24) is 0 Å². The molecular formula is C33H43ClN2O6S. The molecule has 1 fully saturated rings. The van der Waals surface area contributed by atoms with E-state index in [0.717, 1.165) is 61.5 Å². The summed E-state index contributed by atoms with van der Waals surface area (Å²) in [6, 6.07) is 11.3. The van der Waals surface area contributed by atoms with Gasteiger partial charge in [0.05, 0.1) is 29.7 Å². The fourth-order valence-electron chi connectivity index (χ4n) is 7.42. The summed E-state index contributed by atoms with van der Waals surface area (Å²) in [6.45, 7) is 5.94. The highest BCUT2D eigenvalue weighted by molar-refractivity contribution is 7.89. The molecule has 1 aliphatic heterocycles. The number of fused-ring (bicyclic) bond motifs is 3. The van der Waals surface area contributed by atoms with E-state index >= 15 is 0 Å². The predicted molar refractivity (Wildman–Crippen MR) is 170 cm³/mol. The summed E-state index contributed by atoms with van der Waals surface area (Å²) >= 11 is 6.39. The van der Waals surface area contributed by atoms with Gasteiger partial charge in [0.25, 0.3) is 0 Å². The van der Waals surface area contributed by atoms with Gasteiger partial charge in [-0.3, -0.25) is 0 Å². The van der Waals surface area contributed by atoms with E-state index in [-0.39, 0.29) is 28.8 Å². The number of sulfonamides is 1. The van der Waals surface area contributed by atoms with Gasteiger partial charge in [-0.05, 0) is 110 Å². The Morgan fingerprint density at radius 1 is 1.28 bits per heavy atom. The van der Waals surface area contributed by atoms with Gasteiger partial charge in [0, 0.05) is 30.6 Å². The number of allylic oxidation sites excluding steroid dienone is 1. The van der Waals surface area contributed by atoms with E-state index in [1.54, 1.807) is 25.3 Å². The van der Waals surface area contributed by atoms with Crippen LogP contribution < -0.4 is 14.8 Å². The first kappa shape index (κ1) is 31.8. The maximum absolute atomic E-state index is 12.0. The lowest BCUT2D eigenvalue weighted by atomic mass is 9.67. The molecule has 1 heterocycles. The smallest absolute Gasteiger partial charge is 0.335 e. The third kappa shape index (κ3) is 7.06. The molecule has 0 saturated heterocycles. The lowest BCUT2D eigenvalue weighted by Crippen LogP contribution is -2.50. The van der Waals surface area contributed by atoms with Gasteiger partial charge in [-0.15, -0.1) is 0 Å². The van der Waals surface area contributed by atoms with E-state index in [0.29, 0.717) is 30.6 Å². The number of aromatic carboxylic acids is 1. The predicted octanol–water partition coefficient (Wildman–Crippen LogP) is 5.81. The van der Waals surface area contributed by atoms with Gasteiger partial charge in [0.15, 0.2) is 0 Å². The van der Waals surface area contributed by atoms with Gasteiger partial charge in [-0.1, -0.05) is 30.7 Å². The van der Waals surface area contributed by atoms with Crippen LogP contribution in [-0.2, 0) is 26.6 Å². The molecule has 0 amide bonds. The maximum Gasteiger partial charge on any atom is 0.335 e. The highest BCUT2D eigenvalue weighted by Crippen LogP contribution is 2.47. The number of aryl methyl sites for hydroxylation is 1. The number of nitrogens with two attached hydrogens (primary N) is 1. The molecule has 234 valence electrons. The normalized spacial score (nSPS) is 25.1. The molecule has 2 aromatic rings. The number of hydrogen-bond acceptors (Lipinski definition) is 6. The Hall–Kier alpha value is -2.59. The van der Waals surface area contributed by atoms with Crippen LogP contribution >= 0.6 is 11.6 Å². The van der Waals surface area contributed by atoms with Crippen molar-refractivity contribution in [2.45, 2.75) is 63.9 Å². The van der Waals surface area contributed by atoms with Crippen LogP contribution in [0.15, 0.2) is 48.0 Å². The Balaban J connectivity index is 1.42. The monoisotopic (exact) mass is 630 g/mol. The van der Waals surface area contributed by atoms with Crippen LogP contribution in [0, 0.1) is 17.8 Å². The van der Waals surface area contributed by atoms with Gasteiger partial charge in [-0.2, -0.15) is 0 Å². The van der Waals surface area contributed by atoms with Crippen LogP contribution in [0.5, 0.6) is 5.75 Å². The van der Waals surface area contributed by atoms with Crippen molar-refractivity contribution in [2.75, 3.05) is 37.5 Å². The Labute approximate surface area is 260 Å². The highest BCUT2D eigenvalue weighted by atomic mass is 35.5. The second kappa shape index (κ2) is 12.8. The molecule has 1 saturated carbocycles. The SMILES string of the molecule is CO[C@@H](/C(C)=C/C[C@H](C)CS(N)(=O)=O)[C@@H]1CC[C@H]1CN1C[C@@]2(CCCc3cc(Cl)ccc32)COc2ccc(C(=O)O)cc21. The summed E-state index contributed by atoms with van der Waals surface area (Å²) in [7, 11) is -1.79. The number of carboxylic acid groups (broad SMARTS) is 1. The van der Waals surface area contributed by atoms with E-state index in [1.807, 2.05) is 13.0 Å². The number of halogens is 1. The Bertz CT molecular complexity index is 1490. The molecule has 2 aromatic carbocycles. The molecule has 10 heteroatoms. The second-order valence-electron chi connectivity index (χ2n) is 12.9. The topological polar surface area (TPSA) is 119 Å². The van der Waals surface area contributed by atoms with Gasteiger partial charge in [0.1, 0.15) is 5.75 Å². The molecule has 5 atom stereocenters. The molecule has 43 heavy (non-hydrogen) atoms. The lowest BCUT2D eigenvalue weighted by molar-refractivity contribution is 0.00615. The van der Waals surface area contributed by atoms with Crippen molar-refractivity contribution >= 4 is 33.3 Å². The van der Waals surface area contributed by atoms with Gasteiger partial charge < -0.3 is 19.5 Å². The molecule has 0 aromatic heterocycles. The van der Waals surface area contributed by atoms with E-state index in [2.05, 4.69) is 30.0 Å². The minimum atomic E-state index is -3.52. The molecule has 3 N–H and O–H groups in total. The fourth-order valence-corrected chi connectivity index (χ4v) is 8.54. The minimum absolute atomic E-state index is 0.0493. The van der Waals surface area contributed by atoms with Crippen molar-refractivity contribution in [2.24, 2.45) is 22.9 Å². The lowest BCUT2D eigenvalue weighted by Gasteiger charge is -2.46. The van der Waals surface area contributed by atoms with Crippen LogP contribution in [0.1, 0.15) is 67.4 Å². The Morgan fingerprint density at radius 3 is 2.74 bits per heavy atom. The number of carboxylic acids is 1. The van der Waals surface area contributed by atoms with Gasteiger partial charge >= 0.3 is 5.97 Å². The first-order valence-electron chi connectivity index (χ1n) is 15.1. The second-order valence-corrected chi connectivity index (χ2v) is 15.0. The number of ether oxygens (including phenoxy) is 2. The van der Waals surface area contributed by atoms with Gasteiger partial charge in [-0.25, -0.2) is 18.4 Å². The average molecular weight is 631 g/mol. The van der Waals surface area contributed by atoms with Gasteiger partial charge in [0.2, 0.25) is 10.0 Å². The first-order valence-corrected chi connectivity index (χ1v) is 17.2. The number of carbonyl (C=O) groups is 1. The Kier molecular flexibility index (Phi) is 9.47. The van der Waals surface area contributed by atoms with Crippen molar-refractivity contribution in [3.05, 3.63) is 69.8 Å². The number of hydrogen-bond donors (Lipinski definition) is 2. The summed E-state index contributed by atoms with van der Waals surface area (Å²) in [5.74, 6) is 0.242. The van der Waals surface area contributed by atoms with Crippen molar-refractivity contribution in [1.29, 1.82) is 0 Å². The molecule has 2 aliphatic carbocycles. The summed E-state index contributed by atoms with van der Waals surface area (Å²) in [6.07, 6.45) is 7.69. The number of benzene rings is 2. The van der Waals surface area contributed by atoms with E-state index in [4.69, 9.17) is 26.2 Å². The standard InChI is InChI=1S/C33H43ClN2O6S/c1-21(18-43(35,39)40)6-7-22(2)31(41-3)27-11-8-25(27)17-36-19-33(14-4-5-23-15-26(34)10-12-28(23)33)20-42-30-13-9-24(32(37)38)16-29(30)36/h7,9-10,12-13,15-16,21,25,27,31H,4-6,8,11,14,17-20H2,1-3H3,(H,37,38)(H2,35,39,40)/b22-7+/t21-,25-,27+,31-,33-/m0/s1. The third-order valence-corrected chi connectivity index (χ3v) is 10.9. The first-order chi connectivity index (χ1) is 20.4. The van der Waals surface area contributed by atoms with Crippen LogP contribution in [0.4, 0.5) is 5.69 Å². The zero-order valence-corrected chi connectivity index (χ0v) is 26.8. The van der Waals surface area contributed by atoms with Crippen molar-refractivity contribution < 1.29 is 27.8 Å². The third-order valence-electron chi connectivity index (χ3n) is 9.67. The van der Waals surface area contributed by atoms with Crippen LogP contribution in [-0.4, -0.2) is 58.2 Å². The van der Waals surface area contributed by atoms with Crippen molar-refractivity contribution in [3.63, 3.8) is 0 Å². The quantitative estimate of drug-likeness (QED) is 0.318. The molecule has 3 aliphatic rings. The number of rotatable bonds is 10. The van der Waals surface area contributed by atoms with E-state index < -0.39 is 16.0 Å². The van der Waals surface area contributed by atoms with E-state index in [1.165, 1.54) is 11.1 Å². The van der Waals surface area contributed by atoms with Crippen LogP contribution in [0.2, 0.25) is 5.02 Å². The fraction of sp³-hybridized carbons (Fsp3) is 0.545. The number of nitrogens with zero attached hydrogens (tertiary/aromatic N) is 1. The molecule has 8 nitrogen and oxygen atoms in total. The maximum atomic E-state index is 12.0. The van der Waals surface area contributed by atoms with Crippen molar-refractivity contribution in [3.8, 4) is 5.75 Å². The summed E-state index contributed by atoms with van der Waals surface area (Å²) in [4.78, 5) is 14.3. The summed E-state index contributed by atoms with van der Waals surface area (Å²) in [5, 5.41) is 15.8. The summed E-state index contributed by atoms with van der Waals surface area (Å²) < 4.78 is 35.6. The zero-order chi connectivity index (χ0) is 30.9. The molecule has 5 rings (SSSR count). The molecule has 1 spiro atoms. The highest BCUT2D eigenvalue weighted by Gasteiger charge is 2.44. The Morgan fingerprint density at radius 2 is 2.07 bits per heavy atom. The number of anilines is 1. The van der Waals surface area contributed by atoms with Crippen LogP contribution in [0.25, 0.3) is 0 Å². The molecular weight excluding hydrogens is 588 g/mol. The molecule has 0 unspecified atom stereocenters. The minimum Gasteiger partial charge on any atom is -0.490 e. The average Bonchev–Trinajstić information content (AvgIpc) is 3.08. The molecule has 0 radical (unpaired) electrons. The van der Waals surface area contributed by atoms with Crippen LogP contribution in [0.3, 0.4) is 0 Å². The number of methoxy groups -OCH3 is 1. The van der Waals surface area contributed by atoms with E-state index in [9.17, 15) is 18.3 Å². The largest absolute Gasteiger partial charge is 0.490 e. The summed E-state index contributed by atoms with van der Waals surface area (Å²) in [5.41, 5.74) is 4.45. The molecule has 0 bridgehead atoms.